The third-order valence-corrected chi connectivity index (χ3v) is 5.12. The maximum atomic E-state index is 13.6. The summed E-state index contributed by atoms with van der Waals surface area (Å²) in [6.45, 7) is 3.30. The second kappa shape index (κ2) is 9.10. The number of anilines is 2. The lowest BCUT2D eigenvalue weighted by molar-refractivity contribution is -0.138. The van der Waals surface area contributed by atoms with Crippen molar-refractivity contribution in [1.82, 2.24) is 14.8 Å². The van der Waals surface area contributed by atoms with E-state index in [0.717, 1.165) is 36.7 Å². The smallest absolute Gasteiger partial charge is 0.308 e. The number of carbonyl (C=O) groups is 1. The van der Waals surface area contributed by atoms with Crippen LogP contribution in [0.15, 0.2) is 41.0 Å². The third-order valence-electron chi connectivity index (χ3n) is 4.63. The van der Waals surface area contributed by atoms with Gasteiger partial charge >= 0.3 is 12.2 Å². The van der Waals surface area contributed by atoms with Gasteiger partial charge in [0.2, 0.25) is 0 Å². The van der Waals surface area contributed by atoms with Crippen LogP contribution in [0.25, 0.3) is 0 Å². The van der Waals surface area contributed by atoms with Crippen molar-refractivity contribution in [3.05, 3.63) is 52.1 Å². The van der Waals surface area contributed by atoms with Gasteiger partial charge in [0, 0.05) is 49.1 Å². The van der Waals surface area contributed by atoms with Crippen LogP contribution in [-0.2, 0) is 12.7 Å². The van der Waals surface area contributed by atoms with Gasteiger partial charge in [-0.3, -0.25) is 10.2 Å². The molecule has 2 amide bonds. The van der Waals surface area contributed by atoms with E-state index in [4.69, 9.17) is 0 Å². The van der Waals surface area contributed by atoms with Crippen LogP contribution in [0.4, 0.5) is 29.5 Å². The summed E-state index contributed by atoms with van der Waals surface area (Å²) in [6.07, 6.45) is -3.02. The average molecular weight is 472 g/mol. The number of rotatable bonds is 4. The lowest BCUT2D eigenvalue weighted by Crippen LogP contribution is -2.44. The largest absolute Gasteiger partial charge is 0.416 e. The Morgan fingerprint density at radius 1 is 1.14 bits per heavy atom. The van der Waals surface area contributed by atoms with Crippen LogP contribution in [-0.4, -0.2) is 54.0 Å². The van der Waals surface area contributed by atoms with E-state index in [1.807, 2.05) is 11.9 Å². The van der Waals surface area contributed by atoms with E-state index >= 15 is 0 Å². The molecule has 0 atom stereocenters. The zero-order valence-corrected chi connectivity index (χ0v) is 17.3. The first kappa shape index (κ1) is 21.5. The fourth-order valence-corrected chi connectivity index (χ4v) is 3.39. The number of aromatic nitrogens is 1. The average Bonchev–Trinajstić information content (AvgIpc) is 2.64. The molecule has 1 aliphatic rings. The lowest BCUT2D eigenvalue weighted by atomic mass is 10.0. The lowest BCUT2D eigenvalue weighted by Gasteiger charge is -2.33. The number of hydrogen-bond acceptors (Lipinski definition) is 4. The van der Waals surface area contributed by atoms with Gasteiger partial charge in [0.05, 0.1) is 5.56 Å². The van der Waals surface area contributed by atoms with Crippen LogP contribution in [0.1, 0.15) is 11.1 Å². The van der Waals surface area contributed by atoms with Crippen molar-refractivity contribution in [3.63, 3.8) is 0 Å². The summed E-state index contributed by atoms with van der Waals surface area (Å²) in [4.78, 5) is 20.2. The molecule has 3 rings (SSSR count). The molecule has 0 spiro atoms. The SMILES string of the molecule is CN1CCN(Cc2ccc(NC(=O)Nc3cc(Br)ccn3)cc2C(F)(F)F)CC1. The minimum absolute atomic E-state index is 0.0620. The van der Waals surface area contributed by atoms with Crippen molar-refractivity contribution in [2.45, 2.75) is 12.7 Å². The van der Waals surface area contributed by atoms with Crippen LogP contribution in [0.5, 0.6) is 0 Å². The second-order valence-electron chi connectivity index (χ2n) is 6.89. The molecule has 1 aliphatic heterocycles. The number of amides is 2. The van der Waals surface area contributed by atoms with Crippen LogP contribution >= 0.6 is 15.9 Å². The predicted molar refractivity (Wildman–Crippen MR) is 109 cm³/mol. The minimum atomic E-state index is -4.51. The van der Waals surface area contributed by atoms with E-state index in [1.54, 1.807) is 12.1 Å². The number of nitrogens with one attached hydrogen (secondary N) is 2. The van der Waals surface area contributed by atoms with Gasteiger partial charge < -0.3 is 10.2 Å². The fraction of sp³-hybridized carbons (Fsp3) is 0.368. The second-order valence-corrected chi connectivity index (χ2v) is 7.80. The highest BCUT2D eigenvalue weighted by molar-refractivity contribution is 9.10. The number of likely N-dealkylation sites (N-methyl/N-ethyl adjacent to an activating group) is 1. The van der Waals surface area contributed by atoms with Crippen LogP contribution < -0.4 is 10.6 Å². The van der Waals surface area contributed by atoms with E-state index in [-0.39, 0.29) is 23.6 Å². The number of benzene rings is 1. The van der Waals surface area contributed by atoms with E-state index in [9.17, 15) is 18.0 Å². The Kier molecular flexibility index (Phi) is 6.76. The number of pyridine rings is 1. The molecule has 0 saturated carbocycles. The number of carbonyl (C=O) groups excluding carboxylic acids is 1. The molecule has 1 aromatic heterocycles. The molecule has 2 heterocycles. The maximum absolute atomic E-state index is 13.6. The summed E-state index contributed by atoms with van der Waals surface area (Å²) in [5, 5.41) is 4.92. The highest BCUT2D eigenvalue weighted by Gasteiger charge is 2.34. The topological polar surface area (TPSA) is 60.5 Å². The summed E-state index contributed by atoms with van der Waals surface area (Å²) in [7, 11) is 1.99. The molecular formula is C19H21BrF3N5O. The Hall–Kier alpha value is -2.17. The molecule has 156 valence electrons. The molecule has 0 unspecified atom stereocenters. The predicted octanol–water partition coefficient (Wildman–Crippen LogP) is 4.25. The molecule has 6 nitrogen and oxygen atoms in total. The standard InChI is InChI=1S/C19H21BrF3N5O/c1-27-6-8-28(9-7-27)12-13-2-3-15(11-16(13)19(21,22)23)25-18(29)26-17-10-14(20)4-5-24-17/h2-5,10-11H,6-9,12H2,1H3,(H2,24,25,26,29). The minimum Gasteiger partial charge on any atom is -0.308 e. The summed E-state index contributed by atoms with van der Waals surface area (Å²) in [5.41, 5.74) is -0.483. The van der Waals surface area contributed by atoms with Crippen LogP contribution in [0.2, 0.25) is 0 Å². The molecule has 29 heavy (non-hydrogen) atoms. The third kappa shape index (κ3) is 6.15. The van der Waals surface area contributed by atoms with E-state index in [2.05, 4.69) is 36.4 Å². The van der Waals surface area contributed by atoms with Crippen molar-refractivity contribution in [3.8, 4) is 0 Å². The molecule has 2 N–H and O–H groups in total. The Balaban J connectivity index is 1.72. The Labute approximate surface area is 175 Å². The molecule has 0 aliphatic carbocycles. The summed E-state index contributed by atoms with van der Waals surface area (Å²) in [5.74, 6) is 0.277. The number of hydrogen-bond donors (Lipinski definition) is 2. The molecule has 2 aromatic rings. The first-order chi connectivity index (χ1) is 13.7. The Bertz CT molecular complexity index is 869. The zero-order chi connectivity index (χ0) is 21.0. The monoisotopic (exact) mass is 471 g/mol. The summed E-state index contributed by atoms with van der Waals surface area (Å²) >= 11 is 3.26. The van der Waals surface area contributed by atoms with Crippen molar-refractivity contribution < 1.29 is 18.0 Å². The van der Waals surface area contributed by atoms with Gasteiger partial charge in [-0.1, -0.05) is 22.0 Å². The first-order valence-electron chi connectivity index (χ1n) is 9.01. The number of halogens is 4. The van der Waals surface area contributed by atoms with Crippen molar-refractivity contribution in [2.75, 3.05) is 43.9 Å². The molecule has 0 radical (unpaired) electrons. The molecule has 0 bridgehead atoms. The quantitative estimate of drug-likeness (QED) is 0.699. The summed E-state index contributed by atoms with van der Waals surface area (Å²) < 4.78 is 41.5. The van der Waals surface area contributed by atoms with Gasteiger partial charge in [-0.2, -0.15) is 13.2 Å². The summed E-state index contributed by atoms with van der Waals surface area (Å²) in [6, 6.07) is 6.48. The van der Waals surface area contributed by atoms with Crippen molar-refractivity contribution >= 4 is 33.5 Å². The van der Waals surface area contributed by atoms with Gasteiger partial charge in [0.15, 0.2) is 0 Å². The van der Waals surface area contributed by atoms with E-state index < -0.39 is 17.8 Å². The van der Waals surface area contributed by atoms with E-state index in [0.29, 0.717) is 0 Å². The number of urea groups is 1. The first-order valence-corrected chi connectivity index (χ1v) is 9.80. The van der Waals surface area contributed by atoms with Gasteiger partial charge in [-0.05, 0) is 36.9 Å². The van der Waals surface area contributed by atoms with Crippen molar-refractivity contribution in [1.29, 1.82) is 0 Å². The fourth-order valence-electron chi connectivity index (χ4n) is 3.05. The number of alkyl halides is 3. The zero-order valence-electron chi connectivity index (χ0n) is 15.8. The highest BCUT2D eigenvalue weighted by Crippen LogP contribution is 2.34. The Morgan fingerprint density at radius 3 is 2.52 bits per heavy atom. The van der Waals surface area contributed by atoms with Gasteiger partial charge in [0.25, 0.3) is 0 Å². The van der Waals surface area contributed by atoms with Crippen LogP contribution in [0, 0.1) is 0 Å². The molecular weight excluding hydrogens is 451 g/mol. The van der Waals surface area contributed by atoms with Gasteiger partial charge in [0.1, 0.15) is 5.82 Å². The highest BCUT2D eigenvalue weighted by atomic mass is 79.9. The maximum Gasteiger partial charge on any atom is 0.416 e. The Morgan fingerprint density at radius 2 is 1.86 bits per heavy atom. The van der Waals surface area contributed by atoms with E-state index in [1.165, 1.54) is 18.3 Å². The van der Waals surface area contributed by atoms with Crippen LogP contribution in [0.3, 0.4) is 0 Å². The molecule has 1 saturated heterocycles. The normalized spacial score (nSPS) is 15.9. The molecule has 10 heteroatoms. The van der Waals surface area contributed by atoms with Crippen molar-refractivity contribution in [2.24, 2.45) is 0 Å². The van der Waals surface area contributed by atoms with Gasteiger partial charge in [-0.25, -0.2) is 9.78 Å². The number of piperazine rings is 1. The number of nitrogens with zero attached hydrogens (tertiary/aromatic N) is 3. The van der Waals surface area contributed by atoms with Gasteiger partial charge in [-0.15, -0.1) is 0 Å². The molecule has 1 fully saturated rings. The molecule has 1 aromatic carbocycles.